The topological polar surface area (TPSA) is 23.5 Å². The zero-order valence-corrected chi connectivity index (χ0v) is 12.7. The van der Waals surface area contributed by atoms with Gasteiger partial charge in [-0.05, 0) is 30.5 Å². The summed E-state index contributed by atoms with van der Waals surface area (Å²) in [6.07, 6.45) is 0.760. The first-order valence-electron chi connectivity index (χ1n) is 6.14. The molecule has 1 aromatic rings. The number of aliphatic hydroxyl groups is 1. The average molecular weight is 300 g/mol. The van der Waals surface area contributed by atoms with Gasteiger partial charge in [-0.15, -0.1) is 0 Å². The van der Waals surface area contributed by atoms with Crippen molar-refractivity contribution in [2.45, 2.75) is 33.3 Å². The van der Waals surface area contributed by atoms with E-state index in [1.807, 2.05) is 6.07 Å². The van der Waals surface area contributed by atoms with Gasteiger partial charge in [0.25, 0.3) is 0 Å². The fourth-order valence-corrected chi connectivity index (χ4v) is 2.49. The SMILES string of the molecule is CCC(C)CN(C)c1ccc(C(C)O)c(Br)c1. The quantitative estimate of drug-likeness (QED) is 0.889. The molecule has 0 heterocycles. The molecule has 0 aromatic heterocycles. The average Bonchev–Trinajstić information content (AvgIpc) is 2.28. The van der Waals surface area contributed by atoms with Gasteiger partial charge in [-0.2, -0.15) is 0 Å². The Bertz CT molecular complexity index is 365. The van der Waals surface area contributed by atoms with E-state index in [1.54, 1.807) is 6.92 Å². The van der Waals surface area contributed by atoms with Crippen LogP contribution < -0.4 is 4.90 Å². The lowest BCUT2D eigenvalue weighted by Crippen LogP contribution is -2.23. The van der Waals surface area contributed by atoms with Gasteiger partial charge in [0.1, 0.15) is 0 Å². The molecule has 2 atom stereocenters. The summed E-state index contributed by atoms with van der Waals surface area (Å²) < 4.78 is 0.973. The van der Waals surface area contributed by atoms with Crippen molar-refractivity contribution in [2.75, 3.05) is 18.5 Å². The van der Waals surface area contributed by atoms with Crippen molar-refractivity contribution in [3.63, 3.8) is 0 Å². The van der Waals surface area contributed by atoms with E-state index in [4.69, 9.17) is 0 Å². The van der Waals surface area contributed by atoms with Crippen LogP contribution in [0.4, 0.5) is 5.69 Å². The molecular weight excluding hydrogens is 278 g/mol. The molecule has 2 unspecified atom stereocenters. The van der Waals surface area contributed by atoms with Crippen molar-refractivity contribution >= 4 is 21.6 Å². The van der Waals surface area contributed by atoms with Gasteiger partial charge in [-0.1, -0.05) is 42.3 Å². The lowest BCUT2D eigenvalue weighted by Gasteiger charge is -2.23. The second-order valence-electron chi connectivity index (χ2n) is 4.78. The van der Waals surface area contributed by atoms with Gasteiger partial charge in [-0.3, -0.25) is 0 Å². The highest BCUT2D eigenvalue weighted by Gasteiger charge is 2.10. The number of hydrogen-bond acceptors (Lipinski definition) is 2. The lowest BCUT2D eigenvalue weighted by molar-refractivity contribution is 0.198. The molecule has 0 aliphatic rings. The highest BCUT2D eigenvalue weighted by molar-refractivity contribution is 9.10. The van der Waals surface area contributed by atoms with Gasteiger partial charge in [-0.25, -0.2) is 0 Å². The molecule has 1 N–H and O–H groups in total. The third-order valence-electron chi connectivity index (χ3n) is 3.16. The molecule has 1 aromatic carbocycles. The number of benzene rings is 1. The van der Waals surface area contributed by atoms with Crippen LogP contribution in [0.3, 0.4) is 0 Å². The van der Waals surface area contributed by atoms with E-state index in [9.17, 15) is 5.11 Å². The molecule has 0 saturated carbocycles. The highest BCUT2D eigenvalue weighted by atomic mass is 79.9. The predicted octanol–water partition coefficient (Wildman–Crippen LogP) is 3.98. The molecule has 1 rings (SSSR count). The Hall–Kier alpha value is -0.540. The van der Waals surface area contributed by atoms with Gasteiger partial charge in [0, 0.05) is 23.8 Å². The van der Waals surface area contributed by atoms with Crippen LogP contribution in [-0.2, 0) is 0 Å². The van der Waals surface area contributed by atoms with Crippen LogP contribution in [-0.4, -0.2) is 18.7 Å². The summed E-state index contributed by atoms with van der Waals surface area (Å²) in [5.74, 6) is 0.690. The maximum atomic E-state index is 9.57. The Kier molecular flexibility index (Phi) is 5.47. The minimum atomic E-state index is -0.432. The molecular formula is C14H22BrNO. The van der Waals surface area contributed by atoms with E-state index in [0.29, 0.717) is 5.92 Å². The third-order valence-corrected chi connectivity index (χ3v) is 3.84. The lowest BCUT2D eigenvalue weighted by atomic mass is 10.1. The Morgan fingerprint density at radius 1 is 1.35 bits per heavy atom. The fourth-order valence-electron chi connectivity index (χ4n) is 1.79. The minimum Gasteiger partial charge on any atom is -0.389 e. The van der Waals surface area contributed by atoms with Crippen LogP contribution in [0, 0.1) is 5.92 Å². The van der Waals surface area contributed by atoms with Crippen molar-refractivity contribution in [3.8, 4) is 0 Å². The molecule has 0 spiro atoms. The van der Waals surface area contributed by atoms with Crippen LogP contribution in [0.2, 0.25) is 0 Å². The Morgan fingerprint density at radius 2 is 2.00 bits per heavy atom. The van der Waals surface area contributed by atoms with E-state index in [0.717, 1.165) is 16.6 Å². The van der Waals surface area contributed by atoms with E-state index in [2.05, 4.69) is 53.9 Å². The Labute approximate surface area is 113 Å². The highest BCUT2D eigenvalue weighted by Crippen LogP contribution is 2.28. The first-order valence-corrected chi connectivity index (χ1v) is 6.93. The molecule has 96 valence electrons. The molecule has 0 fully saturated rings. The molecule has 2 nitrogen and oxygen atoms in total. The van der Waals surface area contributed by atoms with Crippen molar-refractivity contribution < 1.29 is 5.11 Å². The second-order valence-corrected chi connectivity index (χ2v) is 5.63. The van der Waals surface area contributed by atoms with E-state index < -0.39 is 6.10 Å². The van der Waals surface area contributed by atoms with Crippen molar-refractivity contribution in [2.24, 2.45) is 5.92 Å². The van der Waals surface area contributed by atoms with Gasteiger partial charge in [0.05, 0.1) is 6.10 Å². The zero-order chi connectivity index (χ0) is 13.0. The predicted molar refractivity (Wildman–Crippen MR) is 77.5 cm³/mol. The molecule has 17 heavy (non-hydrogen) atoms. The monoisotopic (exact) mass is 299 g/mol. The van der Waals surface area contributed by atoms with Gasteiger partial charge in [0.15, 0.2) is 0 Å². The maximum absolute atomic E-state index is 9.57. The Balaban J connectivity index is 2.82. The molecule has 0 aliphatic carbocycles. The molecule has 0 amide bonds. The largest absolute Gasteiger partial charge is 0.389 e. The number of hydrogen-bond donors (Lipinski definition) is 1. The maximum Gasteiger partial charge on any atom is 0.0772 e. The van der Waals surface area contributed by atoms with E-state index in [1.165, 1.54) is 12.1 Å². The summed E-state index contributed by atoms with van der Waals surface area (Å²) in [7, 11) is 2.11. The summed E-state index contributed by atoms with van der Waals surface area (Å²) in [4.78, 5) is 2.25. The van der Waals surface area contributed by atoms with Gasteiger partial charge < -0.3 is 10.0 Å². The number of anilines is 1. The summed E-state index contributed by atoms with van der Waals surface area (Å²) in [5.41, 5.74) is 2.12. The molecule has 3 heteroatoms. The first-order chi connectivity index (χ1) is 7.95. The summed E-state index contributed by atoms with van der Waals surface area (Å²) in [6.45, 7) is 7.31. The number of halogens is 1. The number of nitrogens with zero attached hydrogens (tertiary/aromatic N) is 1. The van der Waals surface area contributed by atoms with Crippen LogP contribution >= 0.6 is 15.9 Å². The summed E-state index contributed by atoms with van der Waals surface area (Å²) >= 11 is 3.51. The molecule has 0 bridgehead atoms. The van der Waals surface area contributed by atoms with Crippen molar-refractivity contribution in [3.05, 3.63) is 28.2 Å². The molecule has 0 aliphatic heterocycles. The second kappa shape index (κ2) is 6.41. The fraction of sp³-hybridized carbons (Fsp3) is 0.571. The normalized spacial score (nSPS) is 14.5. The van der Waals surface area contributed by atoms with E-state index in [-0.39, 0.29) is 0 Å². The number of aliphatic hydroxyl groups excluding tert-OH is 1. The molecule has 0 radical (unpaired) electrons. The Morgan fingerprint density at radius 3 is 2.47 bits per heavy atom. The summed E-state index contributed by atoms with van der Waals surface area (Å²) in [5, 5.41) is 9.57. The minimum absolute atomic E-state index is 0.432. The van der Waals surface area contributed by atoms with Crippen LogP contribution in [0.25, 0.3) is 0 Å². The van der Waals surface area contributed by atoms with Crippen LogP contribution in [0.15, 0.2) is 22.7 Å². The molecule has 0 saturated heterocycles. The standard InChI is InChI=1S/C14H22BrNO/c1-5-10(2)9-16(4)12-6-7-13(11(3)17)14(15)8-12/h6-8,10-11,17H,5,9H2,1-4H3. The summed E-state index contributed by atoms with van der Waals surface area (Å²) in [6, 6.07) is 6.12. The van der Waals surface area contributed by atoms with Crippen molar-refractivity contribution in [1.82, 2.24) is 0 Å². The van der Waals surface area contributed by atoms with Crippen molar-refractivity contribution in [1.29, 1.82) is 0 Å². The van der Waals surface area contributed by atoms with E-state index >= 15 is 0 Å². The number of rotatable bonds is 5. The first kappa shape index (κ1) is 14.5. The zero-order valence-electron chi connectivity index (χ0n) is 11.1. The van der Waals surface area contributed by atoms with Crippen LogP contribution in [0.1, 0.15) is 38.9 Å². The van der Waals surface area contributed by atoms with Crippen LogP contribution in [0.5, 0.6) is 0 Å². The van der Waals surface area contributed by atoms with Gasteiger partial charge in [0.2, 0.25) is 0 Å². The smallest absolute Gasteiger partial charge is 0.0772 e. The third kappa shape index (κ3) is 4.00. The van der Waals surface area contributed by atoms with Gasteiger partial charge >= 0.3 is 0 Å².